The molecule has 0 aliphatic heterocycles. The molecule has 1 atom stereocenters. The zero-order valence-corrected chi connectivity index (χ0v) is 16.6. The van der Waals surface area contributed by atoms with Gasteiger partial charge in [0.15, 0.2) is 5.78 Å². The Morgan fingerprint density at radius 3 is 2.52 bits per heavy atom. The average molecular weight is 369 g/mol. The Kier molecular flexibility index (Phi) is 11.6. The van der Waals surface area contributed by atoms with Gasteiger partial charge >= 0.3 is 5.97 Å². The van der Waals surface area contributed by atoms with Gasteiger partial charge in [0.25, 0.3) is 0 Å². The summed E-state index contributed by atoms with van der Waals surface area (Å²) in [6, 6.07) is 0. The number of carbonyl (C=O) groups excluding carboxylic acids is 2. The summed E-state index contributed by atoms with van der Waals surface area (Å²) >= 11 is 6.07. The molecular formula is C21H33ClO3. The van der Waals surface area contributed by atoms with Gasteiger partial charge in [-0.1, -0.05) is 75.6 Å². The smallest absolute Gasteiger partial charge is 0.305 e. The Balaban J connectivity index is 2.31. The largest absolute Gasteiger partial charge is 0.469 e. The highest BCUT2D eigenvalue weighted by Crippen LogP contribution is 2.33. The van der Waals surface area contributed by atoms with E-state index in [0.717, 1.165) is 44.1 Å². The molecule has 25 heavy (non-hydrogen) atoms. The number of halogens is 1. The van der Waals surface area contributed by atoms with Crippen LogP contribution in [0.1, 0.15) is 84.0 Å². The zero-order chi connectivity index (χ0) is 18.5. The fourth-order valence-electron chi connectivity index (χ4n) is 3.23. The molecular weight excluding hydrogens is 336 g/mol. The van der Waals surface area contributed by atoms with Crippen molar-refractivity contribution in [2.24, 2.45) is 5.92 Å². The minimum atomic E-state index is -0.153. The molecule has 0 saturated carbocycles. The number of allylic oxidation sites excluding steroid dienone is 4. The van der Waals surface area contributed by atoms with Crippen LogP contribution in [-0.2, 0) is 14.3 Å². The monoisotopic (exact) mass is 368 g/mol. The second-order valence-corrected chi connectivity index (χ2v) is 7.25. The second-order valence-electron chi connectivity index (χ2n) is 6.84. The Labute approximate surface area is 157 Å². The Hall–Kier alpha value is -1.09. The zero-order valence-electron chi connectivity index (χ0n) is 15.8. The summed E-state index contributed by atoms with van der Waals surface area (Å²) in [5.41, 5.74) is 0.881. The molecule has 1 aliphatic carbocycles. The molecule has 0 amide bonds. The summed E-state index contributed by atoms with van der Waals surface area (Å²) in [4.78, 5) is 23.3. The van der Waals surface area contributed by atoms with Crippen LogP contribution in [0, 0.1) is 5.92 Å². The molecule has 0 spiro atoms. The van der Waals surface area contributed by atoms with Crippen molar-refractivity contribution >= 4 is 23.4 Å². The molecule has 0 radical (unpaired) electrons. The van der Waals surface area contributed by atoms with E-state index in [-0.39, 0.29) is 17.7 Å². The minimum Gasteiger partial charge on any atom is -0.469 e. The van der Waals surface area contributed by atoms with Crippen LogP contribution in [0.2, 0.25) is 0 Å². The van der Waals surface area contributed by atoms with E-state index in [1.54, 1.807) is 0 Å². The molecule has 0 N–H and O–H groups in total. The molecule has 0 saturated heterocycles. The molecule has 142 valence electrons. The maximum Gasteiger partial charge on any atom is 0.305 e. The summed E-state index contributed by atoms with van der Waals surface area (Å²) in [5, 5.41) is 0.382. The van der Waals surface area contributed by atoms with Gasteiger partial charge in [0, 0.05) is 17.9 Å². The van der Waals surface area contributed by atoms with Crippen molar-refractivity contribution in [1.29, 1.82) is 0 Å². The summed E-state index contributed by atoms with van der Waals surface area (Å²) in [6.45, 7) is 2.23. The fraction of sp³-hybridized carbons (Fsp3) is 0.714. The predicted molar refractivity (Wildman–Crippen MR) is 104 cm³/mol. The SMILES string of the molecule is CCCCCCCCC1C=C(Cl)C(=O)C1=CCCCCCC(=O)OC. The Morgan fingerprint density at radius 2 is 1.80 bits per heavy atom. The molecule has 1 rings (SSSR count). The van der Waals surface area contributed by atoms with Crippen molar-refractivity contribution in [2.45, 2.75) is 84.0 Å². The first kappa shape index (κ1) is 22.0. The first-order valence-electron chi connectivity index (χ1n) is 9.79. The molecule has 0 bridgehead atoms. The third kappa shape index (κ3) is 8.71. The lowest BCUT2D eigenvalue weighted by Crippen LogP contribution is -2.04. The van der Waals surface area contributed by atoms with Crippen molar-refractivity contribution in [3.05, 3.63) is 22.8 Å². The maximum atomic E-state index is 12.2. The van der Waals surface area contributed by atoms with Gasteiger partial charge in [0.1, 0.15) is 0 Å². The molecule has 3 nitrogen and oxygen atoms in total. The van der Waals surface area contributed by atoms with E-state index in [0.29, 0.717) is 11.5 Å². The van der Waals surface area contributed by atoms with Crippen LogP contribution in [0.25, 0.3) is 0 Å². The van der Waals surface area contributed by atoms with Gasteiger partial charge in [-0.25, -0.2) is 0 Å². The summed E-state index contributed by atoms with van der Waals surface area (Å²) in [6.07, 6.45) is 16.7. The van der Waals surface area contributed by atoms with Crippen molar-refractivity contribution in [2.75, 3.05) is 7.11 Å². The van der Waals surface area contributed by atoms with Crippen molar-refractivity contribution in [1.82, 2.24) is 0 Å². The van der Waals surface area contributed by atoms with Crippen molar-refractivity contribution < 1.29 is 14.3 Å². The van der Waals surface area contributed by atoms with Gasteiger partial charge in [-0.3, -0.25) is 9.59 Å². The van der Waals surface area contributed by atoms with E-state index < -0.39 is 0 Å². The van der Waals surface area contributed by atoms with Gasteiger partial charge in [-0.2, -0.15) is 0 Å². The molecule has 1 unspecified atom stereocenters. The topological polar surface area (TPSA) is 43.4 Å². The van der Waals surface area contributed by atoms with Crippen LogP contribution in [0.15, 0.2) is 22.8 Å². The number of rotatable bonds is 13. The van der Waals surface area contributed by atoms with Gasteiger partial charge in [-0.15, -0.1) is 0 Å². The highest BCUT2D eigenvalue weighted by atomic mass is 35.5. The van der Waals surface area contributed by atoms with Gasteiger partial charge < -0.3 is 4.74 Å². The van der Waals surface area contributed by atoms with E-state index in [9.17, 15) is 9.59 Å². The fourth-order valence-corrected chi connectivity index (χ4v) is 3.49. The summed E-state index contributed by atoms with van der Waals surface area (Å²) < 4.78 is 4.63. The van der Waals surface area contributed by atoms with Crippen LogP contribution in [0.3, 0.4) is 0 Å². The van der Waals surface area contributed by atoms with Gasteiger partial charge in [0.2, 0.25) is 0 Å². The summed E-state index contributed by atoms with van der Waals surface area (Å²) in [7, 11) is 1.42. The number of hydrogen-bond acceptors (Lipinski definition) is 3. The molecule has 4 heteroatoms. The van der Waals surface area contributed by atoms with Gasteiger partial charge in [0.05, 0.1) is 12.1 Å². The number of Topliss-reactive ketones (excluding diaryl/α,β-unsaturated/α-hetero) is 1. The van der Waals surface area contributed by atoms with E-state index >= 15 is 0 Å². The highest BCUT2D eigenvalue weighted by Gasteiger charge is 2.28. The number of unbranched alkanes of at least 4 members (excludes halogenated alkanes) is 8. The lowest BCUT2D eigenvalue weighted by molar-refractivity contribution is -0.140. The van der Waals surface area contributed by atoms with E-state index in [2.05, 4.69) is 17.7 Å². The number of esters is 1. The quantitative estimate of drug-likeness (QED) is 0.224. The second kappa shape index (κ2) is 13.2. The molecule has 0 aromatic heterocycles. The van der Waals surface area contributed by atoms with Crippen molar-refractivity contribution in [3.8, 4) is 0 Å². The number of hydrogen-bond donors (Lipinski definition) is 0. The van der Waals surface area contributed by atoms with Crippen LogP contribution in [-0.4, -0.2) is 18.9 Å². The third-order valence-corrected chi connectivity index (χ3v) is 5.07. The average Bonchev–Trinajstić information content (AvgIpc) is 2.88. The highest BCUT2D eigenvalue weighted by molar-refractivity contribution is 6.46. The van der Waals surface area contributed by atoms with E-state index in [4.69, 9.17) is 11.6 Å². The van der Waals surface area contributed by atoms with Gasteiger partial charge in [-0.05, 0) is 25.7 Å². The number of methoxy groups -OCH3 is 1. The predicted octanol–water partition coefficient (Wildman–Crippen LogP) is 6.11. The third-order valence-electron chi connectivity index (χ3n) is 4.77. The van der Waals surface area contributed by atoms with Crippen molar-refractivity contribution in [3.63, 3.8) is 0 Å². The molecule has 0 aromatic rings. The minimum absolute atomic E-state index is 0.00668. The maximum absolute atomic E-state index is 12.2. The first-order valence-corrected chi connectivity index (χ1v) is 10.2. The lowest BCUT2D eigenvalue weighted by Gasteiger charge is -2.10. The molecule has 0 heterocycles. The number of ether oxygens (including phenoxy) is 1. The molecule has 1 aliphatic rings. The van der Waals surface area contributed by atoms with Crippen LogP contribution >= 0.6 is 11.6 Å². The van der Waals surface area contributed by atoms with Crippen LogP contribution in [0.4, 0.5) is 0 Å². The first-order chi connectivity index (χ1) is 12.1. The number of carbonyl (C=O) groups is 2. The molecule has 0 aromatic carbocycles. The van der Waals surface area contributed by atoms with Crippen LogP contribution in [0.5, 0.6) is 0 Å². The Bertz CT molecular complexity index is 480. The van der Waals surface area contributed by atoms with Crippen LogP contribution < -0.4 is 0 Å². The lowest BCUT2D eigenvalue weighted by atomic mass is 9.94. The molecule has 0 fully saturated rings. The van der Waals surface area contributed by atoms with E-state index in [1.165, 1.54) is 39.2 Å². The standard InChI is InChI=1S/C21H33ClO3/c1-3-4-5-6-7-10-13-17-16-19(22)21(24)18(17)14-11-8-9-12-15-20(23)25-2/h14,16-17H,3-13,15H2,1-2H3. The van der Waals surface area contributed by atoms with E-state index in [1.807, 2.05) is 6.08 Å². The normalized spacial score (nSPS) is 18.7. The Morgan fingerprint density at radius 1 is 1.12 bits per heavy atom. The number of ketones is 1. The summed E-state index contributed by atoms with van der Waals surface area (Å²) in [5.74, 6) is 0.0489.